The van der Waals surface area contributed by atoms with E-state index in [1.807, 2.05) is 12.1 Å². The Labute approximate surface area is 141 Å². The molecule has 1 heterocycles. The number of halogens is 1. The molecule has 23 heavy (non-hydrogen) atoms. The molecule has 1 aliphatic rings. The first-order valence-corrected chi connectivity index (χ1v) is 8.43. The molecule has 2 N–H and O–H groups in total. The van der Waals surface area contributed by atoms with Gasteiger partial charge in [-0.1, -0.05) is 42.7 Å². The van der Waals surface area contributed by atoms with E-state index in [1.165, 1.54) is 0 Å². The Bertz CT molecular complexity index is 655. The summed E-state index contributed by atoms with van der Waals surface area (Å²) in [5, 5.41) is 18.4. The van der Waals surface area contributed by atoms with E-state index in [4.69, 9.17) is 16.1 Å². The maximum Gasteiger partial charge on any atom is 0.244 e. The number of aromatic nitrogens is 2. The Morgan fingerprint density at radius 1 is 1.39 bits per heavy atom. The van der Waals surface area contributed by atoms with Crippen molar-refractivity contribution in [1.29, 1.82) is 0 Å². The smallest absolute Gasteiger partial charge is 0.244 e. The summed E-state index contributed by atoms with van der Waals surface area (Å²) in [5.41, 5.74) is 0.789. The van der Waals surface area contributed by atoms with Crippen LogP contribution in [0.5, 0.6) is 0 Å². The van der Waals surface area contributed by atoms with Crippen LogP contribution in [0.15, 0.2) is 28.8 Å². The number of hydrogen-bond donors (Lipinski definition) is 2. The van der Waals surface area contributed by atoms with Gasteiger partial charge in [0.05, 0.1) is 12.1 Å². The fourth-order valence-corrected chi connectivity index (χ4v) is 2.76. The third-order valence-corrected chi connectivity index (χ3v) is 4.33. The van der Waals surface area contributed by atoms with Crippen LogP contribution in [0.2, 0.25) is 5.02 Å². The highest BCUT2D eigenvalue weighted by Gasteiger charge is 2.31. The lowest BCUT2D eigenvalue weighted by molar-refractivity contribution is 0.160. The normalized spacial score (nSPS) is 17.4. The highest BCUT2D eigenvalue weighted by molar-refractivity contribution is 6.30. The van der Waals surface area contributed by atoms with Crippen LogP contribution in [0.4, 0.5) is 0 Å². The molecule has 0 spiro atoms. The molecule has 3 rings (SSSR count). The molecule has 2 unspecified atom stereocenters. The zero-order valence-electron chi connectivity index (χ0n) is 13.4. The molecule has 1 fully saturated rings. The van der Waals surface area contributed by atoms with Gasteiger partial charge in [-0.3, -0.25) is 0 Å². The second kappa shape index (κ2) is 6.99. The van der Waals surface area contributed by atoms with E-state index in [-0.39, 0.29) is 12.0 Å². The minimum Gasteiger partial charge on any atom is -0.387 e. The summed E-state index contributed by atoms with van der Waals surface area (Å²) in [7, 11) is 0. The van der Waals surface area contributed by atoms with Gasteiger partial charge in [0, 0.05) is 17.5 Å². The Kier molecular flexibility index (Phi) is 4.99. The Hall–Kier alpha value is -1.43. The predicted molar refractivity (Wildman–Crippen MR) is 88.3 cm³/mol. The van der Waals surface area contributed by atoms with Crippen LogP contribution in [-0.2, 0) is 0 Å². The molecule has 1 aromatic heterocycles. The SMILES string of the molecule is CC(C)C(NCC(O)c1cccc(Cl)c1)c1nc(C2CC2)no1. The van der Waals surface area contributed by atoms with Crippen molar-refractivity contribution >= 4 is 11.6 Å². The predicted octanol–water partition coefficient (Wildman–Crippen LogP) is 3.62. The van der Waals surface area contributed by atoms with E-state index < -0.39 is 6.10 Å². The maximum absolute atomic E-state index is 10.3. The van der Waals surface area contributed by atoms with Crippen molar-refractivity contribution < 1.29 is 9.63 Å². The van der Waals surface area contributed by atoms with Crippen LogP contribution in [0, 0.1) is 5.92 Å². The van der Waals surface area contributed by atoms with Crippen LogP contribution in [0.1, 0.15) is 62.0 Å². The van der Waals surface area contributed by atoms with E-state index in [1.54, 1.807) is 12.1 Å². The molecule has 0 amide bonds. The van der Waals surface area contributed by atoms with Crippen molar-refractivity contribution in [1.82, 2.24) is 15.5 Å². The minimum absolute atomic E-state index is 0.0798. The average Bonchev–Trinajstić information content (AvgIpc) is 3.26. The van der Waals surface area contributed by atoms with Crippen LogP contribution in [-0.4, -0.2) is 21.8 Å². The summed E-state index contributed by atoms with van der Waals surface area (Å²) < 4.78 is 5.42. The molecule has 1 saturated carbocycles. The van der Waals surface area contributed by atoms with E-state index in [9.17, 15) is 5.11 Å². The largest absolute Gasteiger partial charge is 0.387 e. The van der Waals surface area contributed by atoms with Crippen molar-refractivity contribution in [2.75, 3.05) is 6.54 Å². The number of benzene rings is 1. The molecule has 5 nitrogen and oxygen atoms in total. The van der Waals surface area contributed by atoms with Crippen molar-refractivity contribution in [2.45, 2.75) is 44.8 Å². The summed E-state index contributed by atoms with van der Waals surface area (Å²) >= 11 is 5.97. The van der Waals surface area contributed by atoms with Crippen LogP contribution in [0.25, 0.3) is 0 Å². The molecule has 1 aliphatic carbocycles. The number of aliphatic hydroxyl groups excluding tert-OH is 1. The first-order chi connectivity index (χ1) is 11.0. The van der Waals surface area contributed by atoms with E-state index in [2.05, 4.69) is 29.3 Å². The average molecular weight is 336 g/mol. The van der Waals surface area contributed by atoms with Gasteiger partial charge in [-0.05, 0) is 36.5 Å². The first-order valence-electron chi connectivity index (χ1n) is 8.05. The Balaban J connectivity index is 1.64. The number of nitrogens with one attached hydrogen (secondary N) is 1. The molecule has 6 heteroatoms. The Morgan fingerprint density at radius 2 is 2.17 bits per heavy atom. The van der Waals surface area contributed by atoms with Crippen molar-refractivity contribution in [3.05, 3.63) is 46.6 Å². The van der Waals surface area contributed by atoms with Gasteiger partial charge < -0.3 is 14.9 Å². The monoisotopic (exact) mass is 335 g/mol. The van der Waals surface area contributed by atoms with Crippen LogP contribution < -0.4 is 5.32 Å². The van der Waals surface area contributed by atoms with E-state index in [0.717, 1.165) is 24.2 Å². The zero-order chi connectivity index (χ0) is 16.4. The van der Waals surface area contributed by atoms with Crippen molar-refractivity contribution in [2.24, 2.45) is 5.92 Å². The molecule has 2 aromatic rings. The lowest BCUT2D eigenvalue weighted by Gasteiger charge is -2.21. The second-order valence-corrected chi connectivity index (χ2v) is 6.90. The van der Waals surface area contributed by atoms with Crippen molar-refractivity contribution in [3.63, 3.8) is 0 Å². The fraction of sp³-hybridized carbons (Fsp3) is 0.529. The van der Waals surface area contributed by atoms with E-state index >= 15 is 0 Å². The summed E-state index contributed by atoms with van der Waals surface area (Å²) in [6, 6.07) is 7.18. The first kappa shape index (κ1) is 16.4. The summed E-state index contributed by atoms with van der Waals surface area (Å²) in [5.74, 6) is 2.15. The van der Waals surface area contributed by atoms with Gasteiger partial charge >= 0.3 is 0 Å². The fourth-order valence-electron chi connectivity index (χ4n) is 2.56. The van der Waals surface area contributed by atoms with Gasteiger partial charge in [0.25, 0.3) is 0 Å². The molecular weight excluding hydrogens is 314 g/mol. The zero-order valence-corrected chi connectivity index (χ0v) is 14.1. The van der Waals surface area contributed by atoms with Crippen molar-refractivity contribution in [3.8, 4) is 0 Å². The number of rotatable bonds is 7. The summed E-state index contributed by atoms with van der Waals surface area (Å²) in [6.07, 6.45) is 1.65. The van der Waals surface area contributed by atoms with E-state index in [0.29, 0.717) is 23.4 Å². The topological polar surface area (TPSA) is 71.2 Å². The van der Waals surface area contributed by atoms with Gasteiger partial charge in [-0.2, -0.15) is 4.98 Å². The van der Waals surface area contributed by atoms with Gasteiger partial charge in [-0.15, -0.1) is 0 Å². The maximum atomic E-state index is 10.3. The molecule has 124 valence electrons. The van der Waals surface area contributed by atoms with Gasteiger partial charge in [0.2, 0.25) is 5.89 Å². The quantitative estimate of drug-likeness (QED) is 0.808. The highest BCUT2D eigenvalue weighted by Crippen LogP contribution is 2.38. The minimum atomic E-state index is -0.638. The van der Waals surface area contributed by atoms with Crippen LogP contribution in [0.3, 0.4) is 0 Å². The number of aliphatic hydroxyl groups is 1. The van der Waals surface area contributed by atoms with Gasteiger partial charge in [0.15, 0.2) is 5.82 Å². The lowest BCUT2D eigenvalue weighted by atomic mass is 10.0. The summed E-state index contributed by atoms with van der Waals surface area (Å²) in [4.78, 5) is 4.52. The molecule has 2 atom stereocenters. The number of nitrogens with zero attached hydrogens (tertiary/aromatic N) is 2. The third-order valence-electron chi connectivity index (χ3n) is 4.10. The molecule has 0 saturated heterocycles. The molecule has 0 bridgehead atoms. The summed E-state index contributed by atoms with van der Waals surface area (Å²) in [6.45, 7) is 4.57. The second-order valence-electron chi connectivity index (χ2n) is 6.47. The van der Waals surface area contributed by atoms with Gasteiger partial charge in [-0.25, -0.2) is 0 Å². The molecule has 1 aromatic carbocycles. The highest BCUT2D eigenvalue weighted by atomic mass is 35.5. The number of hydrogen-bond acceptors (Lipinski definition) is 5. The molecular formula is C17H22ClN3O2. The molecule has 0 aliphatic heterocycles. The van der Waals surface area contributed by atoms with Gasteiger partial charge in [0.1, 0.15) is 0 Å². The third kappa shape index (κ3) is 4.10. The Morgan fingerprint density at radius 3 is 2.83 bits per heavy atom. The lowest BCUT2D eigenvalue weighted by Crippen LogP contribution is -2.30. The molecule has 0 radical (unpaired) electrons. The standard InChI is InChI=1S/C17H22ClN3O2/c1-10(2)15(17-20-16(21-23-17)11-6-7-11)19-9-14(22)12-4-3-5-13(18)8-12/h3-5,8,10-11,14-15,19,22H,6-7,9H2,1-2H3. The van der Waals surface area contributed by atoms with Crippen LogP contribution >= 0.6 is 11.6 Å².